The van der Waals surface area contributed by atoms with Gasteiger partial charge in [0.05, 0.1) is 13.7 Å². The van der Waals surface area contributed by atoms with Crippen LogP contribution >= 0.6 is 0 Å². The molecule has 0 amide bonds. The molecule has 1 rings (SSSR count). The Morgan fingerprint density at radius 3 is 2.88 bits per heavy atom. The summed E-state index contributed by atoms with van der Waals surface area (Å²) in [5.74, 6) is 1.26. The first-order chi connectivity index (χ1) is 7.65. The van der Waals surface area contributed by atoms with E-state index in [1.54, 1.807) is 6.07 Å². The Kier molecular flexibility index (Phi) is 4.78. The first-order valence-electron chi connectivity index (χ1n) is 5.18. The Bertz CT molecular complexity index is 333. The molecular weight excluding hydrogens is 208 g/mol. The van der Waals surface area contributed by atoms with Crippen molar-refractivity contribution in [3.05, 3.63) is 6.07 Å². The van der Waals surface area contributed by atoms with Gasteiger partial charge in [0.25, 0.3) is 0 Å². The molecule has 0 aromatic carbocycles. The van der Waals surface area contributed by atoms with Crippen LogP contribution in [0.2, 0.25) is 0 Å². The summed E-state index contributed by atoms with van der Waals surface area (Å²) in [6, 6.07) is 1.85. The summed E-state index contributed by atoms with van der Waals surface area (Å²) in [5, 5.41) is 3.16. The standard InChI is InChI=1S/C10H18N4O2/c1-4-16-6-7(2)12-8-5-9(15-3)14-10(11)13-8/h5,7H,4,6H2,1-3H3,(H3,11,12,13,14). The Morgan fingerprint density at radius 2 is 2.25 bits per heavy atom. The van der Waals surface area contributed by atoms with E-state index in [0.717, 1.165) is 0 Å². The predicted molar refractivity (Wildman–Crippen MR) is 62.6 cm³/mol. The van der Waals surface area contributed by atoms with E-state index in [1.807, 2.05) is 13.8 Å². The zero-order valence-corrected chi connectivity index (χ0v) is 9.86. The van der Waals surface area contributed by atoms with Crippen LogP contribution in [0.15, 0.2) is 6.07 Å². The van der Waals surface area contributed by atoms with Crippen molar-refractivity contribution in [1.29, 1.82) is 0 Å². The molecule has 1 atom stereocenters. The van der Waals surface area contributed by atoms with Gasteiger partial charge in [0.15, 0.2) is 0 Å². The van der Waals surface area contributed by atoms with Crippen molar-refractivity contribution in [2.24, 2.45) is 0 Å². The Morgan fingerprint density at radius 1 is 1.50 bits per heavy atom. The fourth-order valence-corrected chi connectivity index (χ4v) is 1.21. The molecule has 1 heterocycles. The summed E-state index contributed by atoms with van der Waals surface area (Å²) >= 11 is 0. The molecule has 0 spiro atoms. The highest BCUT2D eigenvalue weighted by molar-refractivity contribution is 5.43. The highest BCUT2D eigenvalue weighted by Crippen LogP contribution is 2.14. The monoisotopic (exact) mass is 226 g/mol. The van der Waals surface area contributed by atoms with Crippen LogP contribution < -0.4 is 15.8 Å². The first-order valence-corrected chi connectivity index (χ1v) is 5.18. The Hall–Kier alpha value is -1.56. The second kappa shape index (κ2) is 6.12. The summed E-state index contributed by atoms with van der Waals surface area (Å²) in [4.78, 5) is 7.94. The predicted octanol–water partition coefficient (Wildman–Crippen LogP) is 0.904. The van der Waals surface area contributed by atoms with Gasteiger partial charge in [-0.25, -0.2) is 0 Å². The molecule has 6 heteroatoms. The van der Waals surface area contributed by atoms with Crippen molar-refractivity contribution in [3.63, 3.8) is 0 Å². The lowest BCUT2D eigenvalue weighted by Crippen LogP contribution is -2.22. The normalized spacial score (nSPS) is 12.2. The van der Waals surface area contributed by atoms with Crippen molar-refractivity contribution < 1.29 is 9.47 Å². The molecule has 0 fully saturated rings. The minimum Gasteiger partial charge on any atom is -0.481 e. The number of nitrogens with two attached hydrogens (primary N) is 1. The van der Waals surface area contributed by atoms with Crippen LogP contribution in [0.1, 0.15) is 13.8 Å². The molecule has 1 unspecified atom stereocenters. The van der Waals surface area contributed by atoms with Gasteiger partial charge >= 0.3 is 0 Å². The van der Waals surface area contributed by atoms with Crippen LogP contribution in [0, 0.1) is 0 Å². The van der Waals surface area contributed by atoms with Gasteiger partial charge < -0.3 is 20.5 Å². The second-order valence-corrected chi connectivity index (χ2v) is 3.36. The highest BCUT2D eigenvalue weighted by Gasteiger charge is 2.06. The maximum absolute atomic E-state index is 5.54. The van der Waals surface area contributed by atoms with E-state index < -0.39 is 0 Å². The SMILES string of the molecule is CCOCC(C)Nc1cc(OC)nc(N)n1. The van der Waals surface area contributed by atoms with E-state index in [2.05, 4.69) is 15.3 Å². The Balaban J connectivity index is 2.61. The molecule has 0 aliphatic rings. The number of aromatic nitrogens is 2. The van der Waals surface area contributed by atoms with Gasteiger partial charge in [-0.3, -0.25) is 0 Å². The van der Waals surface area contributed by atoms with Crippen LogP contribution in [0.25, 0.3) is 0 Å². The minimum atomic E-state index is 0.152. The average Bonchev–Trinajstić information content (AvgIpc) is 2.25. The number of rotatable bonds is 6. The number of hydrogen-bond donors (Lipinski definition) is 2. The molecule has 3 N–H and O–H groups in total. The van der Waals surface area contributed by atoms with Crippen LogP contribution in [0.5, 0.6) is 5.88 Å². The molecule has 0 bridgehead atoms. The summed E-state index contributed by atoms with van der Waals surface area (Å²) in [7, 11) is 1.54. The van der Waals surface area contributed by atoms with E-state index in [4.69, 9.17) is 15.2 Å². The van der Waals surface area contributed by atoms with E-state index in [0.29, 0.717) is 24.9 Å². The maximum atomic E-state index is 5.54. The molecule has 0 saturated carbocycles. The molecule has 0 aliphatic heterocycles. The van der Waals surface area contributed by atoms with Crippen molar-refractivity contribution in [1.82, 2.24) is 9.97 Å². The van der Waals surface area contributed by atoms with Crippen molar-refractivity contribution >= 4 is 11.8 Å². The van der Waals surface area contributed by atoms with E-state index in [9.17, 15) is 0 Å². The lowest BCUT2D eigenvalue weighted by molar-refractivity contribution is 0.141. The van der Waals surface area contributed by atoms with Crippen LogP contribution in [-0.4, -0.2) is 36.3 Å². The van der Waals surface area contributed by atoms with E-state index >= 15 is 0 Å². The van der Waals surface area contributed by atoms with Gasteiger partial charge in [-0.05, 0) is 13.8 Å². The lowest BCUT2D eigenvalue weighted by atomic mass is 10.3. The summed E-state index contributed by atoms with van der Waals surface area (Å²) < 4.78 is 10.3. The summed E-state index contributed by atoms with van der Waals surface area (Å²) in [6.45, 7) is 5.27. The quantitative estimate of drug-likeness (QED) is 0.750. The van der Waals surface area contributed by atoms with Crippen molar-refractivity contribution in [2.45, 2.75) is 19.9 Å². The summed E-state index contributed by atoms with van der Waals surface area (Å²) in [6.07, 6.45) is 0. The van der Waals surface area contributed by atoms with Crippen molar-refractivity contribution in [2.75, 3.05) is 31.4 Å². The van der Waals surface area contributed by atoms with Gasteiger partial charge in [0.1, 0.15) is 5.82 Å². The average molecular weight is 226 g/mol. The van der Waals surface area contributed by atoms with Crippen LogP contribution in [0.3, 0.4) is 0 Å². The molecule has 0 aliphatic carbocycles. The zero-order valence-electron chi connectivity index (χ0n) is 9.86. The Labute approximate surface area is 95.2 Å². The van der Waals surface area contributed by atoms with E-state index in [-0.39, 0.29) is 12.0 Å². The number of anilines is 2. The fourth-order valence-electron chi connectivity index (χ4n) is 1.21. The molecular formula is C10H18N4O2. The molecule has 0 radical (unpaired) electrons. The van der Waals surface area contributed by atoms with Gasteiger partial charge in [-0.2, -0.15) is 9.97 Å². The fraction of sp³-hybridized carbons (Fsp3) is 0.600. The molecule has 1 aromatic heterocycles. The third kappa shape index (κ3) is 3.90. The molecule has 0 saturated heterocycles. The maximum Gasteiger partial charge on any atom is 0.225 e. The minimum absolute atomic E-state index is 0.152. The van der Waals surface area contributed by atoms with Crippen LogP contribution in [0.4, 0.5) is 11.8 Å². The second-order valence-electron chi connectivity index (χ2n) is 3.36. The van der Waals surface area contributed by atoms with Gasteiger partial charge in [0.2, 0.25) is 11.8 Å². The third-order valence-corrected chi connectivity index (χ3v) is 1.90. The smallest absolute Gasteiger partial charge is 0.225 e. The number of nitrogens with one attached hydrogen (secondary N) is 1. The number of nitrogens with zero attached hydrogens (tertiary/aromatic N) is 2. The first kappa shape index (κ1) is 12.5. The lowest BCUT2D eigenvalue weighted by Gasteiger charge is -2.14. The third-order valence-electron chi connectivity index (χ3n) is 1.90. The molecule has 1 aromatic rings. The van der Waals surface area contributed by atoms with Gasteiger partial charge in [-0.1, -0.05) is 0 Å². The van der Waals surface area contributed by atoms with Crippen molar-refractivity contribution in [3.8, 4) is 5.88 Å². The summed E-state index contributed by atoms with van der Waals surface area (Å²) in [5.41, 5.74) is 5.54. The van der Waals surface area contributed by atoms with Crippen LogP contribution in [-0.2, 0) is 4.74 Å². The molecule has 6 nitrogen and oxygen atoms in total. The largest absolute Gasteiger partial charge is 0.481 e. The molecule has 16 heavy (non-hydrogen) atoms. The number of hydrogen-bond acceptors (Lipinski definition) is 6. The van der Waals surface area contributed by atoms with E-state index in [1.165, 1.54) is 7.11 Å². The van der Waals surface area contributed by atoms with Gasteiger partial charge in [-0.15, -0.1) is 0 Å². The number of nitrogen functional groups attached to an aromatic ring is 1. The molecule has 90 valence electrons. The number of ether oxygens (including phenoxy) is 2. The van der Waals surface area contributed by atoms with Gasteiger partial charge in [0, 0.05) is 18.7 Å². The highest BCUT2D eigenvalue weighted by atomic mass is 16.5. The zero-order chi connectivity index (χ0) is 12.0. The number of methoxy groups -OCH3 is 1. The topological polar surface area (TPSA) is 82.3 Å².